The van der Waals surface area contributed by atoms with E-state index in [9.17, 15) is 13.6 Å². The van der Waals surface area contributed by atoms with Crippen molar-refractivity contribution in [3.05, 3.63) is 35.4 Å². The number of alkyl halides is 2. The molecule has 0 N–H and O–H groups in total. The SMILES string of the molecule is O=CC1Cc2ccccc2C1(F)F. The lowest BCUT2D eigenvalue weighted by Gasteiger charge is -2.13. The minimum atomic E-state index is -2.97. The van der Waals surface area contributed by atoms with E-state index in [0.717, 1.165) is 0 Å². The average Bonchev–Trinajstić information content (AvgIpc) is 2.39. The molecule has 0 fully saturated rings. The fourth-order valence-corrected chi connectivity index (χ4v) is 1.72. The van der Waals surface area contributed by atoms with E-state index in [1.165, 1.54) is 6.07 Å². The molecular weight excluding hydrogens is 174 g/mol. The smallest absolute Gasteiger partial charge is 0.283 e. The van der Waals surface area contributed by atoms with Gasteiger partial charge in [0, 0.05) is 5.56 Å². The molecule has 0 saturated carbocycles. The number of aldehydes is 1. The Bertz CT molecular complexity index is 347. The van der Waals surface area contributed by atoms with Crippen LogP contribution in [-0.2, 0) is 17.1 Å². The second kappa shape index (κ2) is 2.62. The summed E-state index contributed by atoms with van der Waals surface area (Å²) in [4.78, 5) is 10.4. The predicted octanol–water partition coefficient (Wildman–Crippen LogP) is 2.15. The van der Waals surface area contributed by atoms with Crippen molar-refractivity contribution in [3.8, 4) is 0 Å². The number of halogens is 2. The topological polar surface area (TPSA) is 17.1 Å². The third-order valence-electron chi connectivity index (χ3n) is 2.45. The number of hydrogen-bond donors (Lipinski definition) is 0. The molecule has 0 spiro atoms. The lowest BCUT2D eigenvalue weighted by atomic mass is 10.0. The summed E-state index contributed by atoms with van der Waals surface area (Å²) < 4.78 is 26.7. The van der Waals surface area contributed by atoms with Crippen molar-refractivity contribution >= 4 is 6.29 Å². The summed E-state index contributed by atoms with van der Waals surface area (Å²) in [6, 6.07) is 6.31. The van der Waals surface area contributed by atoms with E-state index in [0.29, 0.717) is 11.8 Å². The third-order valence-corrected chi connectivity index (χ3v) is 2.45. The number of carbonyl (C=O) groups is 1. The molecule has 13 heavy (non-hydrogen) atoms. The number of hydrogen-bond acceptors (Lipinski definition) is 1. The summed E-state index contributed by atoms with van der Waals surface area (Å²) in [5.74, 6) is -4.15. The van der Waals surface area contributed by atoms with Gasteiger partial charge in [0.05, 0.1) is 5.92 Å². The normalized spacial score (nSPS) is 24.0. The first-order valence-corrected chi connectivity index (χ1v) is 4.07. The zero-order valence-electron chi connectivity index (χ0n) is 6.84. The van der Waals surface area contributed by atoms with E-state index < -0.39 is 11.8 Å². The van der Waals surface area contributed by atoms with Crippen molar-refractivity contribution < 1.29 is 13.6 Å². The van der Waals surface area contributed by atoms with Gasteiger partial charge in [0.1, 0.15) is 6.29 Å². The second-order valence-electron chi connectivity index (χ2n) is 3.23. The molecular formula is C10H8F2O. The van der Waals surface area contributed by atoms with E-state index in [4.69, 9.17) is 0 Å². The Morgan fingerprint density at radius 1 is 1.38 bits per heavy atom. The van der Waals surface area contributed by atoms with Crippen LogP contribution in [-0.4, -0.2) is 6.29 Å². The maximum absolute atomic E-state index is 13.4. The van der Waals surface area contributed by atoms with Crippen LogP contribution in [0.1, 0.15) is 11.1 Å². The van der Waals surface area contributed by atoms with E-state index in [-0.39, 0.29) is 12.0 Å². The first kappa shape index (κ1) is 8.35. The summed E-state index contributed by atoms with van der Waals surface area (Å²) in [5, 5.41) is 0. The van der Waals surface area contributed by atoms with Crippen LogP contribution in [0.3, 0.4) is 0 Å². The molecule has 68 valence electrons. The Kier molecular flexibility index (Phi) is 1.68. The molecule has 0 heterocycles. The van der Waals surface area contributed by atoms with Crippen molar-refractivity contribution in [2.24, 2.45) is 5.92 Å². The summed E-state index contributed by atoms with van der Waals surface area (Å²) in [5.41, 5.74) is 0.594. The Hall–Kier alpha value is -1.25. The molecule has 1 aromatic carbocycles. The van der Waals surface area contributed by atoms with Gasteiger partial charge in [0.2, 0.25) is 0 Å². The molecule has 0 amide bonds. The first-order valence-electron chi connectivity index (χ1n) is 4.07. The van der Waals surface area contributed by atoms with Crippen molar-refractivity contribution in [2.45, 2.75) is 12.3 Å². The minimum absolute atomic E-state index is 0.00657. The zero-order chi connectivity index (χ0) is 9.47. The van der Waals surface area contributed by atoms with Crippen molar-refractivity contribution in [3.63, 3.8) is 0 Å². The molecule has 0 aromatic heterocycles. The van der Waals surface area contributed by atoms with Crippen LogP contribution in [0.25, 0.3) is 0 Å². The summed E-state index contributed by atoms with van der Waals surface area (Å²) in [6.07, 6.45) is 0.507. The highest BCUT2D eigenvalue weighted by molar-refractivity contribution is 5.60. The summed E-state index contributed by atoms with van der Waals surface area (Å²) in [7, 11) is 0. The molecule has 0 radical (unpaired) electrons. The van der Waals surface area contributed by atoms with Crippen LogP contribution < -0.4 is 0 Å². The first-order chi connectivity index (χ1) is 6.16. The zero-order valence-corrected chi connectivity index (χ0v) is 6.84. The van der Waals surface area contributed by atoms with Crippen molar-refractivity contribution in [2.75, 3.05) is 0 Å². The molecule has 1 aromatic rings. The largest absolute Gasteiger partial charge is 0.303 e. The van der Waals surface area contributed by atoms with E-state index in [1.54, 1.807) is 18.2 Å². The lowest BCUT2D eigenvalue weighted by molar-refractivity contribution is -0.124. The highest BCUT2D eigenvalue weighted by atomic mass is 19.3. The number of rotatable bonds is 1. The standard InChI is InChI=1S/C10H8F2O/c11-10(12)8(6-13)5-7-3-1-2-4-9(7)10/h1-4,6,8H,5H2. The Morgan fingerprint density at radius 3 is 2.69 bits per heavy atom. The minimum Gasteiger partial charge on any atom is -0.303 e. The third kappa shape index (κ3) is 1.07. The number of benzene rings is 1. The van der Waals surface area contributed by atoms with Crippen LogP contribution in [0, 0.1) is 5.92 Å². The fraction of sp³-hybridized carbons (Fsp3) is 0.300. The lowest BCUT2D eigenvalue weighted by Crippen LogP contribution is -2.21. The van der Waals surface area contributed by atoms with Crippen LogP contribution in [0.15, 0.2) is 24.3 Å². The monoisotopic (exact) mass is 182 g/mol. The van der Waals surface area contributed by atoms with Crippen LogP contribution >= 0.6 is 0 Å². The second-order valence-corrected chi connectivity index (χ2v) is 3.23. The van der Waals surface area contributed by atoms with Gasteiger partial charge in [-0.05, 0) is 12.0 Å². The molecule has 2 rings (SSSR count). The molecule has 3 heteroatoms. The molecule has 0 saturated heterocycles. The summed E-state index contributed by atoms with van der Waals surface area (Å²) >= 11 is 0. The molecule has 1 aliphatic rings. The van der Waals surface area contributed by atoms with E-state index in [1.807, 2.05) is 0 Å². The van der Waals surface area contributed by atoms with Crippen LogP contribution in [0.4, 0.5) is 8.78 Å². The van der Waals surface area contributed by atoms with E-state index in [2.05, 4.69) is 0 Å². The van der Waals surface area contributed by atoms with Crippen LogP contribution in [0.5, 0.6) is 0 Å². The van der Waals surface area contributed by atoms with E-state index >= 15 is 0 Å². The highest BCUT2D eigenvalue weighted by Crippen LogP contribution is 2.44. The Morgan fingerprint density at radius 2 is 2.08 bits per heavy atom. The van der Waals surface area contributed by atoms with Gasteiger partial charge in [0.15, 0.2) is 0 Å². The number of fused-ring (bicyclic) bond motifs is 1. The summed E-state index contributed by atoms with van der Waals surface area (Å²) in [6.45, 7) is 0. The van der Waals surface area contributed by atoms with Gasteiger partial charge in [-0.25, -0.2) is 8.78 Å². The molecule has 0 aliphatic heterocycles. The fourth-order valence-electron chi connectivity index (χ4n) is 1.72. The van der Waals surface area contributed by atoms with Gasteiger partial charge in [-0.2, -0.15) is 0 Å². The highest BCUT2D eigenvalue weighted by Gasteiger charge is 2.47. The van der Waals surface area contributed by atoms with Crippen molar-refractivity contribution in [1.29, 1.82) is 0 Å². The van der Waals surface area contributed by atoms with Gasteiger partial charge < -0.3 is 4.79 Å². The molecule has 1 aliphatic carbocycles. The number of carbonyl (C=O) groups excluding carboxylic acids is 1. The predicted molar refractivity (Wildman–Crippen MR) is 43.6 cm³/mol. The van der Waals surface area contributed by atoms with Gasteiger partial charge in [-0.3, -0.25) is 0 Å². The molecule has 1 nitrogen and oxygen atoms in total. The van der Waals surface area contributed by atoms with Gasteiger partial charge in [-0.1, -0.05) is 24.3 Å². The molecule has 0 bridgehead atoms. The maximum Gasteiger partial charge on any atom is 0.283 e. The average molecular weight is 182 g/mol. The van der Waals surface area contributed by atoms with Gasteiger partial charge in [0.25, 0.3) is 5.92 Å². The quantitative estimate of drug-likeness (QED) is 0.608. The Balaban J connectivity index is 2.53. The molecule has 1 atom stereocenters. The van der Waals surface area contributed by atoms with Crippen LogP contribution in [0.2, 0.25) is 0 Å². The van der Waals surface area contributed by atoms with Gasteiger partial charge >= 0.3 is 0 Å². The Labute approximate surface area is 74.4 Å². The van der Waals surface area contributed by atoms with Gasteiger partial charge in [-0.15, -0.1) is 0 Å². The van der Waals surface area contributed by atoms with Crippen molar-refractivity contribution in [1.82, 2.24) is 0 Å². The molecule has 1 unspecified atom stereocenters. The maximum atomic E-state index is 13.4.